The number of methoxy groups -OCH3 is 1. The Kier molecular flexibility index (Phi) is 6.93. The molecule has 0 aromatic heterocycles. The van der Waals surface area contributed by atoms with Crippen molar-refractivity contribution in [3.05, 3.63) is 23.4 Å². The quantitative estimate of drug-likeness (QED) is 0.336. The van der Waals surface area contributed by atoms with Crippen molar-refractivity contribution in [1.82, 2.24) is 19.7 Å². The minimum Gasteiger partial charge on any atom is -0.507 e. The molecule has 0 saturated heterocycles. The zero-order valence-electron chi connectivity index (χ0n) is 19.5. The zero-order chi connectivity index (χ0) is 23.6. The lowest BCUT2D eigenvalue weighted by molar-refractivity contribution is 0.394. The summed E-state index contributed by atoms with van der Waals surface area (Å²) >= 11 is 0. The highest BCUT2D eigenvalue weighted by Crippen LogP contribution is 2.38. The molecule has 1 aromatic rings. The average Bonchev–Trinajstić information content (AvgIpc) is 3.16. The second kappa shape index (κ2) is 9.47. The number of nitrogens with one attached hydrogen (secondary N) is 2. The summed E-state index contributed by atoms with van der Waals surface area (Å²) in [5.74, 6) is 1.52. The van der Waals surface area contributed by atoms with Crippen LogP contribution in [0.2, 0.25) is 0 Å². The van der Waals surface area contributed by atoms with Crippen molar-refractivity contribution in [2.24, 2.45) is 5.73 Å². The van der Waals surface area contributed by atoms with Gasteiger partial charge in [-0.3, -0.25) is 0 Å². The topological polar surface area (TPSA) is 143 Å². The summed E-state index contributed by atoms with van der Waals surface area (Å²) < 4.78 is 7.17. The molecular formula is C22H33N7O3. The number of aromatic hydroxyl groups is 2. The predicted octanol–water partition coefficient (Wildman–Crippen LogP) is 3.27. The first kappa shape index (κ1) is 23.4. The van der Waals surface area contributed by atoms with Crippen molar-refractivity contribution >= 4 is 11.8 Å². The molecule has 10 nitrogen and oxygen atoms in total. The van der Waals surface area contributed by atoms with Gasteiger partial charge in [0.25, 0.3) is 0 Å². The van der Waals surface area contributed by atoms with Gasteiger partial charge in [-0.1, -0.05) is 13.8 Å². The van der Waals surface area contributed by atoms with E-state index in [4.69, 9.17) is 15.5 Å². The predicted molar refractivity (Wildman–Crippen MR) is 125 cm³/mol. The molecule has 2 aliphatic heterocycles. The second-order valence-electron chi connectivity index (χ2n) is 8.54. The number of phenolic OH excluding ortho intramolecular Hbond substituents is 2. The van der Waals surface area contributed by atoms with Gasteiger partial charge < -0.3 is 35.9 Å². The van der Waals surface area contributed by atoms with Crippen LogP contribution in [-0.2, 0) is 6.54 Å². The Hall–Kier alpha value is -3.27. The van der Waals surface area contributed by atoms with Gasteiger partial charge in [-0.15, -0.1) is 5.10 Å². The summed E-state index contributed by atoms with van der Waals surface area (Å²) in [5.41, 5.74) is 8.68. The van der Waals surface area contributed by atoms with Crippen LogP contribution in [0.4, 0.5) is 11.8 Å². The van der Waals surface area contributed by atoms with Gasteiger partial charge in [-0.2, -0.15) is 10.1 Å². The number of fused-ring (bicyclic) bond motifs is 1. The van der Waals surface area contributed by atoms with Gasteiger partial charge in [0.2, 0.25) is 5.95 Å². The van der Waals surface area contributed by atoms with Crippen LogP contribution in [0.5, 0.6) is 17.2 Å². The lowest BCUT2D eigenvalue weighted by Crippen LogP contribution is -2.28. The molecule has 0 bridgehead atoms. The van der Waals surface area contributed by atoms with Crippen LogP contribution in [0.3, 0.4) is 0 Å². The Balaban J connectivity index is 2.07. The van der Waals surface area contributed by atoms with E-state index in [1.165, 1.54) is 19.2 Å². The number of benzene rings is 1. The highest BCUT2D eigenvalue weighted by Gasteiger charge is 2.28. The summed E-state index contributed by atoms with van der Waals surface area (Å²) in [6.45, 7) is 10.9. The number of rotatable bonds is 9. The molecule has 174 valence electrons. The number of aromatic nitrogens is 4. The Morgan fingerprint density at radius 1 is 1.06 bits per heavy atom. The SMILES string of the molecule is COc1cc(O)c(CNc2nc(NCC(C)N)n(C(C)C)c3c(C(C)C)nnc2-3)c(O)c1. The lowest BCUT2D eigenvalue weighted by Gasteiger charge is -2.25. The van der Waals surface area contributed by atoms with Crippen LogP contribution >= 0.6 is 0 Å². The number of nitrogens with two attached hydrogens (primary N) is 1. The van der Waals surface area contributed by atoms with Gasteiger partial charge in [0.05, 0.1) is 24.1 Å². The minimum atomic E-state index is -0.0782. The molecule has 0 aliphatic carbocycles. The van der Waals surface area contributed by atoms with Crippen molar-refractivity contribution < 1.29 is 14.9 Å². The molecule has 0 fully saturated rings. The first-order valence-electron chi connectivity index (χ1n) is 10.7. The van der Waals surface area contributed by atoms with Crippen molar-refractivity contribution in [1.29, 1.82) is 0 Å². The summed E-state index contributed by atoms with van der Waals surface area (Å²) in [6, 6.07) is 2.95. The fourth-order valence-corrected chi connectivity index (χ4v) is 3.52. The van der Waals surface area contributed by atoms with E-state index in [2.05, 4.69) is 53.1 Å². The third-order valence-corrected chi connectivity index (χ3v) is 5.13. The van der Waals surface area contributed by atoms with Gasteiger partial charge in [0.1, 0.15) is 17.2 Å². The van der Waals surface area contributed by atoms with E-state index in [0.29, 0.717) is 35.3 Å². The van der Waals surface area contributed by atoms with Crippen molar-refractivity contribution in [2.45, 2.75) is 59.2 Å². The number of nitrogens with zero attached hydrogens (tertiary/aromatic N) is 4. The highest BCUT2D eigenvalue weighted by molar-refractivity contribution is 5.75. The van der Waals surface area contributed by atoms with Crippen molar-refractivity contribution in [2.75, 3.05) is 24.3 Å². The summed E-state index contributed by atoms with van der Waals surface area (Å²) in [4.78, 5) is 4.77. The van der Waals surface area contributed by atoms with Crippen molar-refractivity contribution in [3.8, 4) is 28.6 Å². The van der Waals surface area contributed by atoms with E-state index in [-0.39, 0.29) is 36.0 Å². The van der Waals surface area contributed by atoms with E-state index in [0.717, 1.165) is 11.4 Å². The summed E-state index contributed by atoms with van der Waals surface area (Å²) in [5, 5.41) is 36.0. The standard InChI is InChI=1S/C22H33N7O3/c1-11(2)18-20-19(28-27-18)21(26-22(25-9-13(5)23)29(20)12(3)4)24-10-15-16(30)7-14(32-6)8-17(15)31/h7-8,11-13,24,30-31H,9-10,23H2,1-6H3,(H,25,26). The van der Waals surface area contributed by atoms with Gasteiger partial charge in [-0.25, -0.2) is 0 Å². The zero-order valence-corrected chi connectivity index (χ0v) is 19.5. The number of anilines is 2. The number of ether oxygens (including phenoxy) is 1. The Morgan fingerprint density at radius 2 is 1.72 bits per heavy atom. The van der Waals surface area contributed by atoms with E-state index in [1.807, 2.05) is 6.92 Å². The first-order chi connectivity index (χ1) is 15.1. The van der Waals surface area contributed by atoms with Gasteiger partial charge in [0, 0.05) is 37.3 Å². The van der Waals surface area contributed by atoms with Crippen LogP contribution in [0, 0.1) is 0 Å². The fraction of sp³-hybridized carbons (Fsp3) is 0.500. The van der Waals surface area contributed by atoms with Gasteiger partial charge in [-0.05, 0) is 26.7 Å². The maximum Gasteiger partial charge on any atom is 0.205 e. The van der Waals surface area contributed by atoms with Crippen LogP contribution in [0.1, 0.15) is 57.8 Å². The largest absolute Gasteiger partial charge is 0.507 e. The number of hydrogen-bond acceptors (Lipinski definition) is 9. The Labute approximate surface area is 188 Å². The molecular weight excluding hydrogens is 410 g/mol. The van der Waals surface area contributed by atoms with Gasteiger partial charge in [0.15, 0.2) is 11.5 Å². The van der Waals surface area contributed by atoms with Crippen LogP contribution in [0.15, 0.2) is 12.1 Å². The van der Waals surface area contributed by atoms with Crippen LogP contribution in [0.25, 0.3) is 11.4 Å². The lowest BCUT2D eigenvalue weighted by atomic mass is 10.1. The molecule has 0 amide bonds. The molecule has 2 aliphatic rings. The number of phenols is 2. The maximum atomic E-state index is 10.3. The van der Waals surface area contributed by atoms with Crippen LogP contribution < -0.4 is 21.1 Å². The molecule has 0 radical (unpaired) electrons. The van der Waals surface area contributed by atoms with E-state index >= 15 is 0 Å². The van der Waals surface area contributed by atoms with E-state index in [1.54, 1.807) is 0 Å². The summed E-state index contributed by atoms with van der Waals surface area (Å²) in [6.07, 6.45) is 0. The summed E-state index contributed by atoms with van der Waals surface area (Å²) in [7, 11) is 1.47. The average molecular weight is 444 g/mol. The molecule has 32 heavy (non-hydrogen) atoms. The third-order valence-electron chi connectivity index (χ3n) is 5.13. The first-order valence-corrected chi connectivity index (χ1v) is 10.7. The van der Waals surface area contributed by atoms with Crippen molar-refractivity contribution in [3.63, 3.8) is 0 Å². The molecule has 6 N–H and O–H groups in total. The maximum absolute atomic E-state index is 10.3. The molecule has 3 rings (SSSR count). The second-order valence-corrected chi connectivity index (χ2v) is 8.54. The van der Waals surface area contributed by atoms with Gasteiger partial charge >= 0.3 is 0 Å². The molecule has 1 unspecified atom stereocenters. The Bertz CT molecular complexity index is 1020. The Morgan fingerprint density at radius 3 is 2.25 bits per heavy atom. The highest BCUT2D eigenvalue weighted by atomic mass is 16.5. The fourth-order valence-electron chi connectivity index (χ4n) is 3.52. The normalized spacial score (nSPS) is 12.5. The number of hydrogen-bond donors (Lipinski definition) is 5. The van der Waals surface area contributed by atoms with Crippen LogP contribution in [-0.4, -0.2) is 49.7 Å². The van der Waals surface area contributed by atoms with E-state index in [9.17, 15) is 10.2 Å². The van der Waals surface area contributed by atoms with E-state index < -0.39 is 0 Å². The monoisotopic (exact) mass is 443 g/mol. The smallest absolute Gasteiger partial charge is 0.205 e. The molecule has 0 spiro atoms. The molecule has 2 heterocycles. The minimum absolute atomic E-state index is 0.0572. The molecule has 10 heteroatoms. The molecule has 1 atom stereocenters. The molecule has 1 aromatic carbocycles. The molecule has 0 saturated carbocycles. The third kappa shape index (κ3) is 4.64.